The fourth-order valence-electron chi connectivity index (χ4n) is 1.75. The molecule has 23 heavy (non-hydrogen) atoms. The number of hydrogen-bond acceptors (Lipinski definition) is 4. The van der Waals surface area contributed by atoms with Crippen LogP contribution < -0.4 is 16.2 Å². The number of amides is 3. The first-order chi connectivity index (χ1) is 11.1. The lowest BCUT2D eigenvalue weighted by atomic mass is 10.1. The predicted octanol–water partition coefficient (Wildman–Crippen LogP) is 1.17. The van der Waals surface area contributed by atoms with Crippen LogP contribution in [0.4, 0.5) is 0 Å². The summed E-state index contributed by atoms with van der Waals surface area (Å²) >= 11 is 0. The Morgan fingerprint density at radius 1 is 0.957 bits per heavy atom. The second kappa shape index (κ2) is 7.79. The molecule has 0 aliphatic carbocycles. The molecule has 0 unspecified atom stereocenters. The Morgan fingerprint density at radius 2 is 1.70 bits per heavy atom. The van der Waals surface area contributed by atoms with Crippen molar-refractivity contribution in [1.82, 2.24) is 16.2 Å². The van der Waals surface area contributed by atoms with Gasteiger partial charge in [-0.3, -0.25) is 25.2 Å². The molecule has 1 aromatic carbocycles. The van der Waals surface area contributed by atoms with E-state index in [1.54, 1.807) is 12.1 Å². The quantitative estimate of drug-likeness (QED) is 0.721. The topological polar surface area (TPSA) is 100 Å². The summed E-state index contributed by atoms with van der Waals surface area (Å²) in [6.07, 6.45) is 2.75. The van der Waals surface area contributed by atoms with Crippen molar-refractivity contribution in [2.75, 3.05) is 6.54 Å². The van der Waals surface area contributed by atoms with Crippen LogP contribution in [-0.4, -0.2) is 24.3 Å². The summed E-state index contributed by atoms with van der Waals surface area (Å²) in [5, 5.41) is 2.57. The molecule has 0 fully saturated rings. The van der Waals surface area contributed by atoms with E-state index in [4.69, 9.17) is 4.42 Å². The summed E-state index contributed by atoms with van der Waals surface area (Å²) in [5.41, 5.74) is 6.49. The summed E-state index contributed by atoms with van der Waals surface area (Å²) in [6.45, 7) is 2.07. The van der Waals surface area contributed by atoms with Gasteiger partial charge >= 0.3 is 0 Å². The molecule has 0 bridgehead atoms. The first kappa shape index (κ1) is 16.3. The molecule has 0 radical (unpaired) electrons. The van der Waals surface area contributed by atoms with Gasteiger partial charge in [-0.1, -0.05) is 17.7 Å². The number of benzene rings is 1. The lowest BCUT2D eigenvalue weighted by molar-refractivity contribution is -0.121. The van der Waals surface area contributed by atoms with Crippen LogP contribution in [0.5, 0.6) is 0 Å². The van der Waals surface area contributed by atoms with Crippen molar-refractivity contribution in [3.63, 3.8) is 0 Å². The zero-order valence-electron chi connectivity index (χ0n) is 12.6. The molecule has 1 heterocycles. The summed E-state index contributed by atoms with van der Waals surface area (Å²) in [4.78, 5) is 35.0. The van der Waals surface area contributed by atoms with Crippen molar-refractivity contribution in [2.45, 2.75) is 13.3 Å². The van der Waals surface area contributed by atoms with Gasteiger partial charge in [0.15, 0.2) is 0 Å². The maximum atomic E-state index is 11.8. The number of hydrogen-bond donors (Lipinski definition) is 3. The van der Waals surface area contributed by atoms with Gasteiger partial charge in [-0.25, -0.2) is 0 Å². The summed E-state index contributed by atoms with van der Waals surface area (Å²) in [7, 11) is 0. The largest absolute Gasteiger partial charge is 0.472 e. The zero-order chi connectivity index (χ0) is 16.7. The Bertz CT molecular complexity index is 678. The zero-order valence-corrected chi connectivity index (χ0v) is 12.6. The molecular weight excluding hydrogens is 298 g/mol. The van der Waals surface area contributed by atoms with Crippen molar-refractivity contribution < 1.29 is 18.8 Å². The molecule has 2 aromatic rings. The van der Waals surface area contributed by atoms with Crippen LogP contribution in [0.3, 0.4) is 0 Å². The molecule has 3 amide bonds. The number of aryl methyl sites for hydroxylation is 1. The summed E-state index contributed by atoms with van der Waals surface area (Å²) < 4.78 is 4.79. The van der Waals surface area contributed by atoms with Crippen LogP contribution in [-0.2, 0) is 4.79 Å². The van der Waals surface area contributed by atoms with Gasteiger partial charge in [-0.2, -0.15) is 0 Å². The molecule has 0 spiro atoms. The van der Waals surface area contributed by atoms with E-state index in [0.717, 1.165) is 5.56 Å². The van der Waals surface area contributed by atoms with Gasteiger partial charge in [0.05, 0.1) is 11.8 Å². The summed E-state index contributed by atoms with van der Waals surface area (Å²) in [6, 6.07) is 8.48. The second-order valence-electron chi connectivity index (χ2n) is 4.89. The Balaban J connectivity index is 1.68. The molecule has 0 saturated heterocycles. The minimum Gasteiger partial charge on any atom is -0.472 e. The van der Waals surface area contributed by atoms with E-state index < -0.39 is 11.8 Å². The molecular formula is C16H17N3O4. The standard InChI is InChI=1S/C16H17N3O4/c1-11-2-4-12(5-3-11)16(22)19-18-14(20)6-8-17-15(21)13-7-9-23-10-13/h2-5,7,9-10H,6,8H2,1H3,(H,17,21)(H,18,20)(H,19,22). The monoisotopic (exact) mass is 315 g/mol. The molecule has 0 aliphatic heterocycles. The normalized spacial score (nSPS) is 9.96. The van der Waals surface area contributed by atoms with E-state index in [2.05, 4.69) is 16.2 Å². The fraction of sp³-hybridized carbons (Fsp3) is 0.188. The number of hydrazine groups is 1. The van der Waals surface area contributed by atoms with Crippen LogP contribution in [0.15, 0.2) is 47.3 Å². The minimum atomic E-state index is -0.405. The Morgan fingerprint density at radius 3 is 2.35 bits per heavy atom. The van der Waals surface area contributed by atoms with Gasteiger partial charge in [-0.05, 0) is 25.1 Å². The van der Waals surface area contributed by atoms with Crippen LogP contribution in [0.1, 0.15) is 32.7 Å². The first-order valence-electron chi connectivity index (χ1n) is 7.02. The smallest absolute Gasteiger partial charge is 0.269 e. The molecule has 7 nitrogen and oxygen atoms in total. The summed E-state index contributed by atoms with van der Waals surface area (Å²) in [5.74, 6) is -1.13. The lowest BCUT2D eigenvalue weighted by Gasteiger charge is -2.08. The average Bonchev–Trinajstić information content (AvgIpc) is 3.07. The highest BCUT2D eigenvalue weighted by molar-refractivity contribution is 5.95. The van der Waals surface area contributed by atoms with E-state index in [9.17, 15) is 14.4 Å². The minimum absolute atomic E-state index is 0.0395. The van der Waals surface area contributed by atoms with Crippen molar-refractivity contribution >= 4 is 17.7 Å². The van der Waals surface area contributed by atoms with Crippen LogP contribution >= 0.6 is 0 Å². The molecule has 0 aliphatic rings. The number of furan rings is 1. The molecule has 0 saturated carbocycles. The maximum absolute atomic E-state index is 11.8. The third-order valence-electron chi connectivity index (χ3n) is 3.05. The number of nitrogens with one attached hydrogen (secondary N) is 3. The van der Waals surface area contributed by atoms with Gasteiger partial charge in [0.2, 0.25) is 5.91 Å². The Kier molecular flexibility index (Phi) is 5.51. The van der Waals surface area contributed by atoms with Crippen molar-refractivity contribution in [1.29, 1.82) is 0 Å². The van der Waals surface area contributed by atoms with E-state index in [0.29, 0.717) is 11.1 Å². The SMILES string of the molecule is Cc1ccc(C(=O)NNC(=O)CCNC(=O)c2ccoc2)cc1. The fourth-order valence-corrected chi connectivity index (χ4v) is 1.75. The lowest BCUT2D eigenvalue weighted by Crippen LogP contribution is -2.42. The van der Waals surface area contributed by atoms with Crippen molar-refractivity contribution in [3.8, 4) is 0 Å². The average molecular weight is 315 g/mol. The van der Waals surface area contributed by atoms with Gasteiger partial charge < -0.3 is 9.73 Å². The highest BCUT2D eigenvalue weighted by Gasteiger charge is 2.09. The third-order valence-corrected chi connectivity index (χ3v) is 3.05. The highest BCUT2D eigenvalue weighted by atomic mass is 16.3. The number of carbonyl (C=O) groups is 3. The number of carbonyl (C=O) groups excluding carboxylic acids is 3. The Hall–Kier alpha value is -3.09. The van der Waals surface area contributed by atoms with E-state index >= 15 is 0 Å². The Labute approximate surface area is 133 Å². The van der Waals surface area contributed by atoms with Gasteiger partial charge in [0, 0.05) is 18.5 Å². The van der Waals surface area contributed by atoms with E-state index in [1.165, 1.54) is 18.6 Å². The highest BCUT2D eigenvalue weighted by Crippen LogP contribution is 2.02. The van der Waals surface area contributed by atoms with Crippen LogP contribution in [0.2, 0.25) is 0 Å². The third kappa shape index (κ3) is 4.99. The van der Waals surface area contributed by atoms with E-state index in [1.807, 2.05) is 19.1 Å². The van der Waals surface area contributed by atoms with Crippen LogP contribution in [0.25, 0.3) is 0 Å². The second-order valence-corrected chi connectivity index (χ2v) is 4.89. The molecule has 120 valence electrons. The molecule has 1 aromatic heterocycles. The molecule has 3 N–H and O–H groups in total. The predicted molar refractivity (Wildman–Crippen MR) is 82.4 cm³/mol. The van der Waals surface area contributed by atoms with Gasteiger partial charge in [-0.15, -0.1) is 0 Å². The van der Waals surface area contributed by atoms with Crippen molar-refractivity contribution in [3.05, 3.63) is 59.5 Å². The maximum Gasteiger partial charge on any atom is 0.269 e. The number of rotatable bonds is 5. The first-order valence-corrected chi connectivity index (χ1v) is 7.02. The van der Waals surface area contributed by atoms with Crippen LogP contribution in [0, 0.1) is 6.92 Å². The van der Waals surface area contributed by atoms with E-state index in [-0.39, 0.29) is 18.9 Å². The molecule has 7 heteroatoms. The van der Waals surface area contributed by atoms with Gasteiger partial charge in [0.25, 0.3) is 11.8 Å². The molecule has 2 rings (SSSR count). The van der Waals surface area contributed by atoms with Crippen molar-refractivity contribution in [2.24, 2.45) is 0 Å². The van der Waals surface area contributed by atoms with Gasteiger partial charge in [0.1, 0.15) is 6.26 Å². The molecule has 0 atom stereocenters.